The largest absolute Gasteiger partial charge is 0.469 e. The maximum atomic E-state index is 12.0. The predicted molar refractivity (Wildman–Crippen MR) is 83.5 cm³/mol. The van der Waals surface area contributed by atoms with Crippen molar-refractivity contribution in [1.29, 1.82) is 0 Å². The minimum atomic E-state index is -0.612. The molecule has 0 fully saturated rings. The Bertz CT molecular complexity index is 583. The highest BCUT2D eigenvalue weighted by atomic mass is 79.9. The zero-order valence-corrected chi connectivity index (χ0v) is 14.5. The molecule has 0 amide bonds. The van der Waals surface area contributed by atoms with E-state index < -0.39 is 18.5 Å². The van der Waals surface area contributed by atoms with E-state index in [4.69, 9.17) is 9.78 Å². The summed E-state index contributed by atoms with van der Waals surface area (Å²) in [6.07, 6.45) is -0.106. The normalized spacial score (nSPS) is 11.5. The first-order valence-corrected chi connectivity index (χ1v) is 7.55. The van der Waals surface area contributed by atoms with Crippen LogP contribution in [0.5, 0.6) is 5.75 Å². The smallest absolute Gasteiger partial charge is 0.336 e. The number of ketones is 1. The number of halogens is 1. The standard InChI is InChI=1S/C15H17BrO7/c1-9(16)15(19)10-4-5-12(23-22-8-14(18)21-3)11(6-10)7-13(17)20-2/h4-6,9H,7-8H2,1-3H3. The number of ether oxygens (including phenoxy) is 2. The molecule has 1 rings (SSSR count). The Kier molecular flexibility index (Phi) is 7.70. The summed E-state index contributed by atoms with van der Waals surface area (Å²) in [7, 11) is 2.47. The third-order valence-corrected chi connectivity index (χ3v) is 3.24. The lowest BCUT2D eigenvalue weighted by atomic mass is 10.0. The van der Waals surface area contributed by atoms with Gasteiger partial charge in [-0.15, -0.1) is 0 Å². The Labute approximate surface area is 141 Å². The van der Waals surface area contributed by atoms with Gasteiger partial charge in [-0.2, -0.15) is 4.89 Å². The highest BCUT2D eigenvalue weighted by Gasteiger charge is 2.17. The minimum absolute atomic E-state index is 0.106. The average Bonchev–Trinajstić information content (AvgIpc) is 2.54. The van der Waals surface area contributed by atoms with Gasteiger partial charge >= 0.3 is 11.9 Å². The number of rotatable bonds is 8. The maximum absolute atomic E-state index is 12.0. The third-order valence-electron chi connectivity index (χ3n) is 2.82. The molecule has 0 radical (unpaired) electrons. The first kappa shape index (κ1) is 19.1. The predicted octanol–water partition coefficient (Wildman–Crippen LogP) is 1.85. The second kappa shape index (κ2) is 9.26. The Morgan fingerprint density at radius 1 is 1.13 bits per heavy atom. The Hall–Kier alpha value is -1.93. The van der Waals surface area contributed by atoms with Crippen LogP contribution in [0.15, 0.2) is 18.2 Å². The number of carbonyl (C=O) groups is 3. The summed E-state index contributed by atoms with van der Waals surface area (Å²) in [5.74, 6) is -1.05. The molecule has 1 unspecified atom stereocenters. The highest BCUT2D eigenvalue weighted by Crippen LogP contribution is 2.23. The number of alkyl halides is 1. The van der Waals surface area contributed by atoms with E-state index in [0.29, 0.717) is 11.1 Å². The van der Waals surface area contributed by atoms with Crippen molar-refractivity contribution in [3.8, 4) is 5.75 Å². The van der Waals surface area contributed by atoms with Crippen LogP contribution in [-0.4, -0.2) is 43.4 Å². The van der Waals surface area contributed by atoms with Crippen LogP contribution in [-0.2, 0) is 30.4 Å². The van der Waals surface area contributed by atoms with Crippen molar-refractivity contribution in [2.24, 2.45) is 0 Å². The van der Waals surface area contributed by atoms with E-state index >= 15 is 0 Å². The summed E-state index contributed by atoms with van der Waals surface area (Å²) in [6.45, 7) is 1.29. The third kappa shape index (κ3) is 5.99. The molecule has 1 atom stereocenters. The molecule has 0 spiro atoms. The zero-order valence-electron chi connectivity index (χ0n) is 13.0. The number of methoxy groups -OCH3 is 2. The summed E-state index contributed by atoms with van der Waals surface area (Å²) >= 11 is 3.20. The summed E-state index contributed by atoms with van der Waals surface area (Å²) in [4.78, 5) is 43.9. The molecular weight excluding hydrogens is 372 g/mol. The van der Waals surface area contributed by atoms with Gasteiger partial charge in [0.25, 0.3) is 0 Å². The lowest BCUT2D eigenvalue weighted by Crippen LogP contribution is -2.15. The van der Waals surface area contributed by atoms with Gasteiger partial charge in [-0.25, -0.2) is 4.79 Å². The van der Waals surface area contributed by atoms with Crippen LogP contribution < -0.4 is 4.89 Å². The van der Waals surface area contributed by atoms with Crippen molar-refractivity contribution in [3.05, 3.63) is 29.3 Å². The summed E-state index contributed by atoms with van der Waals surface area (Å²) in [5.41, 5.74) is 0.814. The first-order valence-electron chi connectivity index (χ1n) is 6.63. The molecule has 23 heavy (non-hydrogen) atoms. The molecule has 8 heteroatoms. The fourth-order valence-corrected chi connectivity index (χ4v) is 1.87. The topological polar surface area (TPSA) is 88.1 Å². The van der Waals surface area contributed by atoms with Gasteiger partial charge in [-0.3, -0.25) is 9.59 Å². The molecule has 0 N–H and O–H groups in total. The molecule has 1 aromatic carbocycles. The number of carbonyl (C=O) groups excluding carboxylic acids is 3. The molecule has 126 valence electrons. The summed E-state index contributed by atoms with van der Waals surface area (Å²) in [5, 5.41) is 0. The van der Waals surface area contributed by atoms with Crippen molar-refractivity contribution in [3.63, 3.8) is 0 Å². The number of hydrogen-bond donors (Lipinski definition) is 0. The monoisotopic (exact) mass is 388 g/mol. The molecule has 7 nitrogen and oxygen atoms in total. The van der Waals surface area contributed by atoms with Gasteiger partial charge in [0.1, 0.15) is 0 Å². The van der Waals surface area contributed by atoms with E-state index in [9.17, 15) is 14.4 Å². The van der Waals surface area contributed by atoms with Crippen molar-refractivity contribution in [1.82, 2.24) is 0 Å². The van der Waals surface area contributed by atoms with E-state index in [2.05, 4.69) is 25.4 Å². The molecule has 1 aromatic rings. The van der Waals surface area contributed by atoms with E-state index in [1.54, 1.807) is 6.92 Å². The van der Waals surface area contributed by atoms with Crippen molar-refractivity contribution >= 4 is 33.7 Å². The van der Waals surface area contributed by atoms with Crippen LogP contribution >= 0.6 is 15.9 Å². The second-order valence-corrected chi connectivity index (χ2v) is 5.85. The molecule has 0 saturated heterocycles. The fourth-order valence-electron chi connectivity index (χ4n) is 1.61. The Balaban J connectivity index is 2.96. The molecule has 0 saturated carbocycles. The van der Waals surface area contributed by atoms with Crippen LogP contribution in [0.25, 0.3) is 0 Å². The molecule has 0 aliphatic carbocycles. The van der Waals surface area contributed by atoms with Crippen LogP contribution in [0.3, 0.4) is 0 Å². The highest BCUT2D eigenvalue weighted by molar-refractivity contribution is 9.10. The SMILES string of the molecule is COC(=O)COOc1ccc(C(=O)C(C)Br)cc1CC(=O)OC. The summed E-state index contributed by atoms with van der Waals surface area (Å²) in [6, 6.07) is 4.55. The maximum Gasteiger partial charge on any atom is 0.336 e. The van der Waals surface area contributed by atoms with Crippen LogP contribution in [0.4, 0.5) is 0 Å². The lowest BCUT2D eigenvalue weighted by molar-refractivity contribution is -0.215. The molecule has 0 heterocycles. The number of Topliss-reactive ketones (excluding diaryl/α,β-unsaturated/α-hetero) is 1. The lowest BCUT2D eigenvalue weighted by Gasteiger charge is -2.11. The molecular formula is C15H17BrO7. The number of hydrogen-bond acceptors (Lipinski definition) is 7. The number of benzene rings is 1. The fraction of sp³-hybridized carbons (Fsp3) is 0.400. The van der Waals surface area contributed by atoms with Gasteiger partial charge in [-0.05, 0) is 25.1 Å². The van der Waals surface area contributed by atoms with Crippen LogP contribution in [0, 0.1) is 0 Å². The number of esters is 2. The van der Waals surface area contributed by atoms with Crippen LogP contribution in [0.1, 0.15) is 22.8 Å². The van der Waals surface area contributed by atoms with Gasteiger partial charge in [0.15, 0.2) is 18.1 Å². The van der Waals surface area contributed by atoms with Gasteiger partial charge in [0.2, 0.25) is 0 Å². The van der Waals surface area contributed by atoms with Gasteiger partial charge in [0.05, 0.1) is 25.5 Å². The zero-order chi connectivity index (χ0) is 17.4. The Morgan fingerprint density at radius 2 is 1.78 bits per heavy atom. The van der Waals surface area contributed by atoms with Crippen molar-refractivity contribution in [2.75, 3.05) is 20.8 Å². The van der Waals surface area contributed by atoms with Gasteiger partial charge in [0, 0.05) is 11.1 Å². The summed E-state index contributed by atoms with van der Waals surface area (Å²) < 4.78 is 9.02. The van der Waals surface area contributed by atoms with E-state index in [-0.39, 0.29) is 22.8 Å². The molecule has 0 aliphatic rings. The molecule has 0 bridgehead atoms. The first-order chi connectivity index (χ1) is 10.9. The molecule has 0 aliphatic heterocycles. The van der Waals surface area contributed by atoms with E-state index in [1.807, 2.05) is 0 Å². The van der Waals surface area contributed by atoms with E-state index in [1.165, 1.54) is 32.4 Å². The minimum Gasteiger partial charge on any atom is -0.469 e. The van der Waals surface area contributed by atoms with Gasteiger partial charge < -0.3 is 14.4 Å². The average molecular weight is 389 g/mol. The second-order valence-electron chi connectivity index (χ2n) is 4.48. The van der Waals surface area contributed by atoms with Crippen LogP contribution in [0.2, 0.25) is 0 Å². The molecule has 0 aromatic heterocycles. The Morgan fingerprint density at radius 3 is 2.35 bits per heavy atom. The quantitative estimate of drug-likeness (QED) is 0.220. The van der Waals surface area contributed by atoms with Crippen molar-refractivity contribution < 1.29 is 33.6 Å². The van der Waals surface area contributed by atoms with Gasteiger partial charge in [-0.1, -0.05) is 15.9 Å². The van der Waals surface area contributed by atoms with E-state index in [0.717, 1.165) is 0 Å². The van der Waals surface area contributed by atoms with Crippen molar-refractivity contribution in [2.45, 2.75) is 18.2 Å².